The molecule has 1 aliphatic heterocycles. The molecule has 0 saturated carbocycles. The van der Waals surface area contributed by atoms with E-state index in [1.165, 1.54) is 36.4 Å². The van der Waals surface area contributed by atoms with E-state index < -0.39 is 15.8 Å². The highest BCUT2D eigenvalue weighted by Gasteiger charge is 2.31. The highest BCUT2D eigenvalue weighted by atomic mass is 32.2. The quantitative estimate of drug-likeness (QED) is 0.608. The predicted molar refractivity (Wildman–Crippen MR) is 113 cm³/mol. The topological polar surface area (TPSA) is 57.7 Å². The zero-order valence-electron chi connectivity index (χ0n) is 16.2. The van der Waals surface area contributed by atoms with E-state index in [1.807, 2.05) is 24.3 Å². The summed E-state index contributed by atoms with van der Waals surface area (Å²) < 4.78 is 41.0. The molecule has 0 aromatic heterocycles. The molecule has 5 nitrogen and oxygen atoms in total. The van der Waals surface area contributed by atoms with Gasteiger partial charge in [-0.1, -0.05) is 48.5 Å². The third-order valence-electron chi connectivity index (χ3n) is 5.15. The van der Waals surface area contributed by atoms with Crippen LogP contribution in [0.25, 0.3) is 0 Å². The smallest absolute Gasteiger partial charge is 0.243 e. The lowest BCUT2D eigenvalue weighted by Crippen LogP contribution is -2.42. The fourth-order valence-corrected chi connectivity index (χ4v) is 4.99. The van der Waals surface area contributed by atoms with E-state index in [-0.39, 0.29) is 23.9 Å². The lowest BCUT2D eigenvalue weighted by molar-refractivity contribution is -0.118. The first-order chi connectivity index (χ1) is 14.4. The summed E-state index contributed by atoms with van der Waals surface area (Å²) in [6.07, 6.45) is 0.741. The summed E-state index contributed by atoms with van der Waals surface area (Å²) in [5.41, 5.74) is 2.49. The van der Waals surface area contributed by atoms with Crippen LogP contribution >= 0.6 is 0 Å². The van der Waals surface area contributed by atoms with Gasteiger partial charge in [0.2, 0.25) is 15.9 Å². The number of benzene rings is 3. The van der Waals surface area contributed by atoms with Gasteiger partial charge in [-0.2, -0.15) is 4.31 Å². The van der Waals surface area contributed by atoms with E-state index >= 15 is 0 Å². The number of halogens is 1. The Morgan fingerprint density at radius 1 is 0.933 bits per heavy atom. The second-order valence-electron chi connectivity index (χ2n) is 7.14. The number of amides is 1. The Balaban J connectivity index is 1.63. The number of hydrogen-bond acceptors (Lipinski definition) is 3. The summed E-state index contributed by atoms with van der Waals surface area (Å²) >= 11 is 0. The van der Waals surface area contributed by atoms with Crippen molar-refractivity contribution in [2.45, 2.75) is 17.9 Å². The molecule has 0 unspecified atom stereocenters. The number of rotatable bonds is 6. The molecule has 3 aromatic carbocycles. The molecule has 4 rings (SSSR count). The van der Waals surface area contributed by atoms with Crippen molar-refractivity contribution < 1.29 is 17.6 Å². The highest BCUT2D eigenvalue weighted by Crippen LogP contribution is 2.28. The van der Waals surface area contributed by atoms with E-state index in [0.717, 1.165) is 22.0 Å². The Labute approximate surface area is 175 Å². The van der Waals surface area contributed by atoms with Gasteiger partial charge in [0.1, 0.15) is 5.82 Å². The molecule has 154 valence electrons. The molecule has 30 heavy (non-hydrogen) atoms. The number of fused-ring (bicyclic) bond motifs is 1. The maximum absolute atomic E-state index is 13.3. The molecule has 0 spiro atoms. The molecular weight excluding hydrogens is 403 g/mol. The first kappa shape index (κ1) is 20.3. The molecule has 1 amide bonds. The molecule has 0 saturated heterocycles. The molecule has 0 bridgehead atoms. The van der Waals surface area contributed by atoms with Crippen molar-refractivity contribution in [3.8, 4) is 0 Å². The maximum Gasteiger partial charge on any atom is 0.243 e. The molecule has 0 fully saturated rings. The standard InChI is InChI=1S/C23H21FN2O3S/c24-20-12-10-18(11-13-20)16-25(30(28,29)21-7-2-1-3-8-21)17-23(27)26-15-14-19-6-4-5-9-22(19)26/h1-13H,14-17H2. The first-order valence-corrected chi connectivity index (χ1v) is 11.1. The number of hydrogen-bond donors (Lipinski definition) is 0. The zero-order valence-corrected chi connectivity index (χ0v) is 17.1. The second kappa shape index (κ2) is 8.38. The summed E-state index contributed by atoms with van der Waals surface area (Å²) in [6.45, 7) is 0.190. The molecule has 1 aliphatic rings. The minimum Gasteiger partial charge on any atom is -0.311 e. The Bertz CT molecular complexity index is 1150. The second-order valence-corrected chi connectivity index (χ2v) is 9.07. The van der Waals surface area contributed by atoms with E-state index in [9.17, 15) is 17.6 Å². The van der Waals surface area contributed by atoms with E-state index in [2.05, 4.69) is 0 Å². The van der Waals surface area contributed by atoms with Crippen LogP contribution in [0.15, 0.2) is 83.8 Å². The lowest BCUT2D eigenvalue weighted by atomic mass is 10.2. The number of carbonyl (C=O) groups excluding carboxylic acids is 1. The third kappa shape index (κ3) is 4.13. The van der Waals surface area contributed by atoms with Crippen LogP contribution < -0.4 is 4.90 Å². The van der Waals surface area contributed by atoms with E-state index in [4.69, 9.17) is 0 Å². The fourth-order valence-electron chi connectivity index (χ4n) is 3.59. The minimum absolute atomic E-state index is 0.0290. The Morgan fingerprint density at radius 2 is 1.60 bits per heavy atom. The van der Waals surface area contributed by atoms with Crippen LogP contribution in [0, 0.1) is 5.82 Å². The monoisotopic (exact) mass is 424 g/mol. The van der Waals surface area contributed by atoms with Gasteiger partial charge in [0, 0.05) is 18.8 Å². The normalized spacial score (nSPS) is 13.5. The average Bonchev–Trinajstić information content (AvgIpc) is 3.19. The van der Waals surface area contributed by atoms with Crippen LogP contribution in [0.1, 0.15) is 11.1 Å². The summed E-state index contributed by atoms with van der Waals surface area (Å²) in [7, 11) is -3.92. The largest absolute Gasteiger partial charge is 0.311 e. The van der Waals surface area contributed by atoms with Crippen molar-refractivity contribution >= 4 is 21.6 Å². The van der Waals surface area contributed by atoms with Crippen LogP contribution in [-0.4, -0.2) is 31.7 Å². The van der Waals surface area contributed by atoms with Crippen molar-refractivity contribution in [2.24, 2.45) is 0 Å². The number of carbonyl (C=O) groups is 1. The van der Waals surface area contributed by atoms with Crippen molar-refractivity contribution in [1.82, 2.24) is 4.31 Å². The first-order valence-electron chi connectivity index (χ1n) is 9.63. The number of anilines is 1. The predicted octanol–water partition coefficient (Wildman–Crippen LogP) is 3.61. The van der Waals surface area contributed by atoms with Gasteiger partial charge in [-0.15, -0.1) is 0 Å². The third-order valence-corrected chi connectivity index (χ3v) is 6.96. The van der Waals surface area contributed by atoms with Gasteiger partial charge < -0.3 is 4.90 Å². The van der Waals surface area contributed by atoms with Crippen molar-refractivity contribution in [1.29, 1.82) is 0 Å². The molecule has 0 atom stereocenters. The maximum atomic E-state index is 13.3. The van der Waals surface area contributed by atoms with Gasteiger partial charge in [-0.25, -0.2) is 12.8 Å². The number of para-hydroxylation sites is 1. The average molecular weight is 424 g/mol. The SMILES string of the molecule is O=C(CN(Cc1ccc(F)cc1)S(=O)(=O)c1ccccc1)N1CCc2ccccc21. The fraction of sp³-hybridized carbons (Fsp3) is 0.174. The molecule has 7 heteroatoms. The van der Waals surface area contributed by atoms with E-state index in [0.29, 0.717) is 12.1 Å². The Hall–Kier alpha value is -3.03. The van der Waals surface area contributed by atoms with Gasteiger partial charge in [-0.05, 0) is 47.9 Å². The molecule has 3 aromatic rings. The Morgan fingerprint density at radius 3 is 2.33 bits per heavy atom. The van der Waals surface area contributed by atoms with Crippen LogP contribution in [0.2, 0.25) is 0 Å². The van der Waals surface area contributed by atoms with Gasteiger partial charge in [0.05, 0.1) is 11.4 Å². The number of sulfonamides is 1. The molecular formula is C23H21FN2O3S. The molecule has 0 radical (unpaired) electrons. The Kier molecular flexibility index (Phi) is 5.65. The minimum atomic E-state index is -3.92. The van der Waals surface area contributed by atoms with Gasteiger partial charge in [0.15, 0.2) is 0 Å². The molecule has 0 aliphatic carbocycles. The summed E-state index contributed by atoms with van der Waals surface area (Å²) in [5.74, 6) is -0.692. The van der Waals surface area contributed by atoms with Crippen LogP contribution in [0.4, 0.5) is 10.1 Å². The summed E-state index contributed by atoms with van der Waals surface area (Å²) in [6, 6.07) is 21.3. The van der Waals surface area contributed by atoms with Crippen molar-refractivity contribution in [3.05, 3.63) is 95.8 Å². The summed E-state index contributed by atoms with van der Waals surface area (Å²) in [5, 5.41) is 0. The van der Waals surface area contributed by atoms with Gasteiger partial charge in [0.25, 0.3) is 0 Å². The van der Waals surface area contributed by atoms with E-state index in [1.54, 1.807) is 23.1 Å². The van der Waals surface area contributed by atoms with Gasteiger partial charge >= 0.3 is 0 Å². The van der Waals surface area contributed by atoms with Crippen LogP contribution in [0.5, 0.6) is 0 Å². The van der Waals surface area contributed by atoms with Gasteiger partial charge in [-0.3, -0.25) is 4.79 Å². The lowest BCUT2D eigenvalue weighted by Gasteiger charge is -2.25. The van der Waals surface area contributed by atoms with Crippen LogP contribution in [-0.2, 0) is 27.8 Å². The van der Waals surface area contributed by atoms with Crippen molar-refractivity contribution in [2.75, 3.05) is 18.0 Å². The number of nitrogens with zero attached hydrogens (tertiary/aromatic N) is 2. The van der Waals surface area contributed by atoms with Crippen LogP contribution in [0.3, 0.4) is 0 Å². The summed E-state index contributed by atoms with van der Waals surface area (Å²) in [4.78, 5) is 14.8. The molecule has 1 heterocycles. The highest BCUT2D eigenvalue weighted by molar-refractivity contribution is 7.89. The van der Waals surface area contributed by atoms with Crippen molar-refractivity contribution in [3.63, 3.8) is 0 Å². The zero-order chi connectivity index (χ0) is 21.1. The molecule has 0 N–H and O–H groups in total.